The van der Waals surface area contributed by atoms with Gasteiger partial charge < -0.3 is 14.4 Å². The van der Waals surface area contributed by atoms with Crippen LogP contribution >= 0.6 is 0 Å². The summed E-state index contributed by atoms with van der Waals surface area (Å²) < 4.78 is 11.2. The fraction of sp³-hybridized carbons (Fsp3) is 0.483. The molecule has 0 spiro atoms. The number of carbonyl (C=O) groups excluding carboxylic acids is 1. The van der Waals surface area contributed by atoms with Gasteiger partial charge in [-0.1, -0.05) is 43.3 Å². The van der Waals surface area contributed by atoms with E-state index in [-0.39, 0.29) is 6.09 Å². The summed E-state index contributed by atoms with van der Waals surface area (Å²) in [6.45, 7) is 9.50. The summed E-state index contributed by atoms with van der Waals surface area (Å²) in [7, 11) is 1.75. The van der Waals surface area contributed by atoms with E-state index < -0.39 is 5.60 Å². The minimum absolute atomic E-state index is 0.189. The molecule has 1 saturated heterocycles. The van der Waals surface area contributed by atoms with Gasteiger partial charge in [-0.3, -0.25) is 0 Å². The largest absolute Gasteiger partial charge is 0.496 e. The first-order valence-electron chi connectivity index (χ1n) is 12.3. The summed E-state index contributed by atoms with van der Waals surface area (Å²) in [5.74, 6) is 1.47. The molecule has 1 aliphatic carbocycles. The smallest absolute Gasteiger partial charge is 0.410 e. The molecule has 4 nitrogen and oxygen atoms in total. The molecular weight excluding hydrogens is 410 g/mol. The lowest BCUT2D eigenvalue weighted by Gasteiger charge is -2.34. The number of hydrogen-bond acceptors (Lipinski definition) is 3. The van der Waals surface area contributed by atoms with Gasteiger partial charge in [0.05, 0.1) is 7.11 Å². The average molecular weight is 448 g/mol. The van der Waals surface area contributed by atoms with Crippen molar-refractivity contribution in [1.82, 2.24) is 4.90 Å². The van der Waals surface area contributed by atoms with Crippen LogP contribution in [0.15, 0.2) is 36.4 Å². The maximum Gasteiger partial charge on any atom is 0.410 e. The highest BCUT2D eigenvalue weighted by molar-refractivity contribution is 5.88. The van der Waals surface area contributed by atoms with Gasteiger partial charge >= 0.3 is 6.09 Å². The van der Waals surface area contributed by atoms with Crippen LogP contribution in [0.4, 0.5) is 4.79 Å². The molecule has 0 bridgehead atoms. The monoisotopic (exact) mass is 447 g/mol. The fourth-order valence-corrected chi connectivity index (χ4v) is 5.18. The highest BCUT2D eigenvalue weighted by atomic mass is 16.6. The fourth-order valence-electron chi connectivity index (χ4n) is 5.18. The Morgan fingerprint density at radius 1 is 1.12 bits per heavy atom. The van der Waals surface area contributed by atoms with Gasteiger partial charge in [0.1, 0.15) is 11.4 Å². The first kappa shape index (κ1) is 23.4. The Morgan fingerprint density at radius 2 is 1.88 bits per heavy atom. The van der Waals surface area contributed by atoms with Crippen LogP contribution in [0, 0.1) is 0 Å². The predicted octanol–water partition coefficient (Wildman–Crippen LogP) is 6.86. The van der Waals surface area contributed by atoms with Crippen molar-refractivity contribution in [2.45, 2.75) is 71.3 Å². The first-order valence-corrected chi connectivity index (χ1v) is 12.3. The van der Waals surface area contributed by atoms with Gasteiger partial charge in [-0.25, -0.2) is 4.79 Å². The molecule has 0 N–H and O–H groups in total. The third-order valence-electron chi connectivity index (χ3n) is 6.79. The summed E-state index contributed by atoms with van der Waals surface area (Å²) in [5, 5.41) is 0. The number of rotatable bonds is 4. The average Bonchev–Trinajstić information content (AvgIpc) is 3.21. The van der Waals surface area contributed by atoms with Gasteiger partial charge in [0.2, 0.25) is 0 Å². The van der Waals surface area contributed by atoms with Crippen molar-refractivity contribution in [2.24, 2.45) is 0 Å². The number of carbonyl (C=O) groups is 1. The zero-order valence-corrected chi connectivity index (χ0v) is 20.7. The molecule has 0 atom stereocenters. The molecule has 176 valence electrons. The number of aryl methyl sites for hydroxylation is 2. The third kappa shape index (κ3) is 5.26. The molecule has 4 rings (SSSR count). The number of nitrogens with zero attached hydrogens (tertiary/aromatic N) is 1. The van der Waals surface area contributed by atoms with E-state index in [1.807, 2.05) is 25.7 Å². The second-order valence-corrected chi connectivity index (χ2v) is 10.2. The number of ether oxygens (including phenoxy) is 2. The second kappa shape index (κ2) is 9.62. The molecule has 1 heterocycles. The summed E-state index contributed by atoms with van der Waals surface area (Å²) in [4.78, 5) is 14.3. The van der Waals surface area contributed by atoms with Gasteiger partial charge in [0, 0.05) is 18.7 Å². The Hall–Kier alpha value is -2.75. The topological polar surface area (TPSA) is 38.8 Å². The van der Waals surface area contributed by atoms with Crippen LogP contribution in [0.3, 0.4) is 0 Å². The van der Waals surface area contributed by atoms with Crippen molar-refractivity contribution >= 4 is 17.7 Å². The van der Waals surface area contributed by atoms with Gasteiger partial charge in [0.25, 0.3) is 0 Å². The van der Waals surface area contributed by atoms with Crippen molar-refractivity contribution in [3.63, 3.8) is 0 Å². The molecule has 0 aromatic heterocycles. The predicted molar refractivity (Wildman–Crippen MR) is 135 cm³/mol. The van der Waals surface area contributed by atoms with Crippen LogP contribution in [-0.2, 0) is 17.6 Å². The van der Waals surface area contributed by atoms with Gasteiger partial charge in [-0.05, 0) is 92.7 Å². The molecule has 2 aromatic rings. The van der Waals surface area contributed by atoms with Crippen LogP contribution in [0.5, 0.6) is 5.75 Å². The van der Waals surface area contributed by atoms with Crippen LogP contribution in [0.2, 0.25) is 0 Å². The van der Waals surface area contributed by atoms with Gasteiger partial charge in [0.15, 0.2) is 0 Å². The molecule has 2 aliphatic rings. The molecule has 2 aromatic carbocycles. The maximum absolute atomic E-state index is 12.4. The number of hydrogen-bond donors (Lipinski definition) is 0. The number of benzene rings is 2. The van der Waals surface area contributed by atoms with E-state index in [2.05, 4.69) is 49.4 Å². The molecule has 33 heavy (non-hydrogen) atoms. The van der Waals surface area contributed by atoms with E-state index in [4.69, 9.17) is 9.47 Å². The van der Waals surface area contributed by atoms with Crippen LogP contribution in [0.1, 0.15) is 80.7 Å². The molecule has 4 heteroatoms. The maximum atomic E-state index is 12.4. The first-order chi connectivity index (χ1) is 15.8. The van der Waals surface area contributed by atoms with Crippen molar-refractivity contribution < 1.29 is 14.3 Å². The SMILES string of the molecule is CCc1cc(/C=C2\CCc3cccc(OC)c32)ccc1C1CCN(C(=O)OC(C)(C)C)CC1. The highest BCUT2D eigenvalue weighted by Crippen LogP contribution is 2.40. The number of allylic oxidation sites excluding steroid dienone is 1. The van der Waals surface area contributed by atoms with E-state index in [1.54, 1.807) is 7.11 Å². The van der Waals surface area contributed by atoms with Crippen LogP contribution < -0.4 is 4.74 Å². The Labute approximate surface area is 198 Å². The van der Waals surface area contributed by atoms with Crippen LogP contribution in [-0.4, -0.2) is 36.8 Å². The standard InChI is InChI=1S/C29H37NO3/c1-6-21-18-20(19-24-12-11-23-8-7-9-26(32-5)27(23)24)10-13-25(21)22-14-16-30(17-15-22)28(31)33-29(2,3)4/h7-10,13,18-19,22H,6,11-12,14-17H2,1-5H3/b24-19+. The molecule has 0 unspecified atom stereocenters. The Balaban J connectivity index is 1.49. The minimum atomic E-state index is -0.447. The second-order valence-electron chi connectivity index (χ2n) is 10.2. The lowest BCUT2D eigenvalue weighted by atomic mass is 9.85. The number of fused-ring (bicyclic) bond motifs is 1. The molecule has 1 fully saturated rings. The Kier molecular flexibility index (Phi) is 6.83. The third-order valence-corrected chi connectivity index (χ3v) is 6.79. The summed E-state index contributed by atoms with van der Waals surface area (Å²) >= 11 is 0. The number of amides is 1. The van der Waals surface area contributed by atoms with Gasteiger partial charge in [-0.2, -0.15) is 0 Å². The zero-order chi connectivity index (χ0) is 23.6. The normalized spacial score (nSPS) is 17.8. The summed E-state index contributed by atoms with van der Waals surface area (Å²) in [6.07, 6.45) is 7.26. The minimum Gasteiger partial charge on any atom is -0.496 e. The van der Waals surface area contributed by atoms with Crippen molar-refractivity contribution in [3.8, 4) is 5.75 Å². The Morgan fingerprint density at radius 3 is 2.55 bits per heavy atom. The van der Waals surface area contributed by atoms with E-state index in [0.717, 1.165) is 50.9 Å². The van der Waals surface area contributed by atoms with E-state index in [0.29, 0.717) is 5.92 Å². The Bertz CT molecular complexity index is 1040. The van der Waals surface area contributed by atoms with E-state index >= 15 is 0 Å². The number of methoxy groups -OCH3 is 1. The van der Waals surface area contributed by atoms with Crippen molar-refractivity contribution in [3.05, 3.63) is 64.2 Å². The number of likely N-dealkylation sites (tertiary alicyclic amines) is 1. The molecular formula is C29H37NO3. The summed E-state index contributed by atoms with van der Waals surface area (Å²) in [6, 6.07) is 13.3. The highest BCUT2D eigenvalue weighted by Gasteiger charge is 2.28. The molecule has 1 amide bonds. The summed E-state index contributed by atoms with van der Waals surface area (Å²) in [5.41, 5.74) is 7.68. The lowest BCUT2D eigenvalue weighted by Crippen LogP contribution is -2.41. The van der Waals surface area contributed by atoms with Gasteiger partial charge in [-0.15, -0.1) is 0 Å². The van der Waals surface area contributed by atoms with Crippen molar-refractivity contribution in [1.29, 1.82) is 0 Å². The molecule has 0 radical (unpaired) electrons. The van der Waals surface area contributed by atoms with Crippen LogP contribution in [0.25, 0.3) is 11.6 Å². The zero-order valence-electron chi connectivity index (χ0n) is 20.7. The van der Waals surface area contributed by atoms with E-state index in [9.17, 15) is 4.79 Å². The quantitative estimate of drug-likeness (QED) is 0.514. The molecule has 1 aliphatic heterocycles. The number of piperidine rings is 1. The van der Waals surface area contributed by atoms with Crippen molar-refractivity contribution in [2.75, 3.05) is 20.2 Å². The molecule has 0 saturated carbocycles. The van der Waals surface area contributed by atoms with E-state index in [1.165, 1.54) is 33.4 Å². The lowest BCUT2D eigenvalue weighted by molar-refractivity contribution is 0.0204.